The third-order valence-corrected chi connectivity index (χ3v) is 4.05. The number of aromatic carboxylic acids is 1. The van der Waals surface area contributed by atoms with E-state index in [2.05, 4.69) is 0 Å². The second-order valence-electron chi connectivity index (χ2n) is 5.79. The first-order valence-corrected chi connectivity index (χ1v) is 7.92. The summed E-state index contributed by atoms with van der Waals surface area (Å²) < 4.78 is 0. The van der Waals surface area contributed by atoms with Crippen molar-refractivity contribution in [2.24, 2.45) is 0 Å². The lowest BCUT2D eigenvalue weighted by Gasteiger charge is -2.08. The van der Waals surface area contributed by atoms with Gasteiger partial charge in [0, 0.05) is 11.1 Å². The van der Waals surface area contributed by atoms with Gasteiger partial charge in [0.15, 0.2) is 11.6 Å². The molecule has 0 atom stereocenters. The van der Waals surface area contributed by atoms with E-state index in [4.69, 9.17) is 5.11 Å². The third-order valence-electron chi connectivity index (χ3n) is 4.05. The number of ketones is 2. The van der Waals surface area contributed by atoms with Crippen LogP contribution in [0.15, 0.2) is 66.7 Å². The van der Waals surface area contributed by atoms with E-state index < -0.39 is 17.5 Å². The predicted octanol–water partition coefficient (Wildman–Crippen LogP) is 3.26. The summed E-state index contributed by atoms with van der Waals surface area (Å²) in [6, 6.07) is 15.2. The van der Waals surface area contributed by atoms with Gasteiger partial charge >= 0.3 is 5.97 Å². The number of phenols is 2. The molecule has 0 fully saturated rings. The molecule has 0 radical (unpaired) electrons. The number of phenolic OH excluding ortho intramolecular Hbond substituents is 2. The lowest BCUT2D eigenvalue weighted by molar-refractivity contribution is 0.0696. The molecule has 27 heavy (non-hydrogen) atoms. The molecular formula is C21H14O6. The Morgan fingerprint density at radius 3 is 1.70 bits per heavy atom. The minimum Gasteiger partial charge on any atom is -0.507 e. The van der Waals surface area contributed by atoms with Crippen LogP contribution in [0.4, 0.5) is 0 Å². The van der Waals surface area contributed by atoms with Gasteiger partial charge in [0.25, 0.3) is 0 Å². The van der Waals surface area contributed by atoms with Crippen LogP contribution in [-0.4, -0.2) is 32.9 Å². The fourth-order valence-electron chi connectivity index (χ4n) is 2.61. The molecule has 0 saturated heterocycles. The van der Waals surface area contributed by atoms with Gasteiger partial charge in [0.05, 0.1) is 16.7 Å². The maximum atomic E-state index is 12.5. The van der Waals surface area contributed by atoms with Crippen molar-refractivity contribution in [3.63, 3.8) is 0 Å². The average molecular weight is 362 g/mol. The van der Waals surface area contributed by atoms with Gasteiger partial charge in [0.1, 0.15) is 11.5 Å². The van der Waals surface area contributed by atoms with Gasteiger partial charge in [0.2, 0.25) is 0 Å². The molecular weight excluding hydrogens is 348 g/mol. The van der Waals surface area contributed by atoms with E-state index >= 15 is 0 Å². The van der Waals surface area contributed by atoms with Crippen LogP contribution in [0, 0.1) is 0 Å². The van der Waals surface area contributed by atoms with Crippen LogP contribution in [0.25, 0.3) is 0 Å². The van der Waals surface area contributed by atoms with Crippen molar-refractivity contribution < 1.29 is 29.7 Å². The second kappa shape index (κ2) is 7.13. The Kier molecular flexibility index (Phi) is 4.72. The maximum absolute atomic E-state index is 12.5. The molecule has 0 aliphatic carbocycles. The quantitative estimate of drug-likeness (QED) is 0.601. The lowest BCUT2D eigenvalue weighted by Crippen LogP contribution is -2.06. The van der Waals surface area contributed by atoms with Gasteiger partial charge in [-0.05, 0) is 36.4 Å². The Balaban J connectivity index is 1.90. The van der Waals surface area contributed by atoms with Crippen molar-refractivity contribution in [3.8, 4) is 11.5 Å². The second-order valence-corrected chi connectivity index (χ2v) is 5.79. The number of aromatic hydroxyl groups is 2. The summed E-state index contributed by atoms with van der Waals surface area (Å²) in [5.74, 6) is -2.67. The van der Waals surface area contributed by atoms with Gasteiger partial charge in [-0.2, -0.15) is 0 Å². The number of carbonyl (C=O) groups excluding carboxylic acids is 2. The van der Waals surface area contributed by atoms with Crippen molar-refractivity contribution >= 4 is 17.5 Å². The lowest BCUT2D eigenvalue weighted by atomic mass is 9.97. The molecule has 3 N–H and O–H groups in total. The van der Waals surface area contributed by atoms with Gasteiger partial charge in [-0.3, -0.25) is 9.59 Å². The number of hydrogen-bond acceptors (Lipinski definition) is 5. The molecule has 6 nitrogen and oxygen atoms in total. The highest BCUT2D eigenvalue weighted by Crippen LogP contribution is 2.26. The first kappa shape index (κ1) is 17.9. The summed E-state index contributed by atoms with van der Waals surface area (Å²) >= 11 is 0. The molecule has 3 rings (SSSR count). The Labute approximate surface area is 154 Å². The van der Waals surface area contributed by atoms with Crippen molar-refractivity contribution in [1.82, 2.24) is 0 Å². The van der Waals surface area contributed by atoms with Crippen LogP contribution in [0.3, 0.4) is 0 Å². The normalized spacial score (nSPS) is 10.4. The van der Waals surface area contributed by atoms with Crippen LogP contribution < -0.4 is 0 Å². The molecule has 0 aromatic heterocycles. The minimum atomic E-state index is -1.11. The van der Waals surface area contributed by atoms with E-state index in [-0.39, 0.29) is 39.3 Å². The van der Waals surface area contributed by atoms with E-state index in [9.17, 15) is 24.6 Å². The number of carbonyl (C=O) groups is 3. The fourth-order valence-corrected chi connectivity index (χ4v) is 2.61. The van der Waals surface area contributed by atoms with E-state index in [1.54, 1.807) is 12.1 Å². The Bertz CT molecular complexity index is 1050. The molecule has 0 saturated carbocycles. The number of benzene rings is 3. The summed E-state index contributed by atoms with van der Waals surface area (Å²) in [7, 11) is 0. The molecule has 0 aliphatic heterocycles. The number of para-hydroxylation sites is 1. The summed E-state index contributed by atoms with van der Waals surface area (Å²) in [5.41, 5.74) is 0.424. The average Bonchev–Trinajstić information content (AvgIpc) is 2.67. The summed E-state index contributed by atoms with van der Waals surface area (Å²) in [6.45, 7) is 0. The fraction of sp³-hybridized carbons (Fsp3) is 0. The zero-order chi connectivity index (χ0) is 19.6. The highest BCUT2D eigenvalue weighted by atomic mass is 16.4. The van der Waals surface area contributed by atoms with Crippen LogP contribution in [0.5, 0.6) is 11.5 Å². The molecule has 134 valence electrons. The minimum absolute atomic E-state index is 0.0214. The van der Waals surface area contributed by atoms with Crippen molar-refractivity contribution in [2.45, 2.75) is 0 Å². The molecule has 0 unspecified atom stereocenters. The van der Waals surface area contributed by atoms with Crippen molar-refractivity contribution in [3.05, 3.63) is 94.5 Å². The molecule has 0 spiro atoms. The number of carboxylic acids is 1. The Hall–Kier alpha value is -3.93. The smallest absolute Gasteiger partial charge is 0.335 e. The third kappa shape index (κ3) is 3.55. The summed E-state index contributed by atoms with van der Waals surface area (Å²) in [4.78, 5) is 35.9. The highest BCUT2D eigenvalue weighted by molar-refractivity contribution is 6.14. The topological polar surface area (TPSA) is 112 Å². The molecule has 3 aromatic rings. The monoisotopic (exact) mass is 362 g/mol. The molecule has 3 aromatic carbocycles. The van der Waals surface area contributed by atoms with Crippen molar-refractivity contribution in [1.29, 1.82) is 0 Å². The highest BCUT2D eigenvalue weighted by Gasteiger charge is 2.18. The first-order chi connectivity index (χ1) is 12.9. The number of hydrogen-bond donors (Lipinski definition) is 3. The van der Waals surface area contributed by atoms with Gasteiger partial charge in [-0.15, -0.1) is 0 Å². The molecule has 0 heterocycles. The van der Waals surface area contributed by atoms with E-state index in [1.165, 1.54) is 48.5 Å². The molecule has 6 heteroatoms. The summed E-state index contributed by atoms with van der Waals surface area (Å²) in [6.07, 6.45) is 0. The van der Waals surface area contributed by atoms with E-state index in [0.29, 0.717) is 0 Å². The Morgan fingerprint density at radius 1 is 0.593 bits per heavy atom. The van der Waals surface area contributed by atoms with Crippen molar-refractivity contribution in [2.75, 3.05) is 0 Å². The van der Waals surface area contributed by atoms with Crippen LogP contribution >= 0.6 is 0 Å². The van der Waals surface area contributed by atoms with E-state index in [0.717, 1.165) is 6.07 Å². The van der Waals surface area contributed by atoms with Gasteiger partial charge in [-0.25, -0.2) is 4.79 Å². The van der Waals surface area contributed by atoms with Gasteiger partial charge < -0.3 is 15.3 Å². The standard InChI is InChI=1S/C21H14O6/c22-17-4-2-1-3-15(17)20(25)14-9-10-16(18(23)11-14)19(24)12-5-7-13(8-6-12)21(26)27/h1-11,22-23H,(H,26,27). The first-order valence-electron chi connectivity index (χ1n) is 7.92. The predicted molar refractivity (Wildman–Crippen MR) is 96.5 cm³/mol. The molecule has 0 amide bonds. The van der Waals surface area contributed by atoms with Crippen LogP contribution in [-0.2, 0) is 0 Å². The van der Waals surface area contributed by atoms with E-state index in [1.807, 2.05) is 0 Å². The molecule has 0 aliphatic rings. The van der Waals surface area contributed by atoms with Crippen LogP contribution in [0.1, 0.15) is 42.2 Å². The maximum Gasteiger partial charge on any atom is 0.335 e. The largest absolute Gasteiger partial charge is 0.507 e. The zero-order valence-corrected chi connectivity index (χ0v) is 13.9. The number of carboxylic acid groups (broad SMARTS) is 1. The number of rotatable bonds is 5. The SMILES string of the molecule is O=C(O)c1ccc(C(=O)c2ccc(C(=O)c3ccccc3O)cc2O)cc1. The Morgan fingerprint density at radius 2 is 1.11 bits per heavy atom. The van der Waals surface area contributed by atoms with Gasteiger partial charge in [-0.1, -0.05) is 30.3 Å². The zero-order valence-electron chi connectivity index (χ0n) is 13.9. The van der Waals surface area contributed by atoms with Crippen LogP contribution in [0.2, 0.25) is 0 Å². The summed E-state index contributed by atoms with van der Waals surface area (Å²) in [5, 5.41) is 28.9. The molecule has 0 bridgehead atoms.